The van der Waals surface area contributed by atoms with Crippen molar-refractivity contribution in [1.82, 2.24) is 10.2 Å². The molecular formula is C14H10N2O3. The number of aromatic carboxylic acids is 1. The van der Waals surface area contributed by atoms with Gasteiger partial charge < -0.3 is 9.52 Å². The zero-order chi connectivity index (χ0) is 13.4. The highest BCUT2D eigenvalue weighted by Gasteiger charge is 2.15. The number of hydrogen-bond donors (Lipinski definition) is 1. The molecule has 0 bridgehead atoms. The van der Waals surface area contributed by atoms with Crippen LogP contribution in [-0.4, -0.2) is 21.3 Å². The van der Waals surface area contributed by atoms with E-state index in [4.69, 9.17) is 9.52 Å². The Labute approximate surface area is 108 Å². The van der Waals surface area contributed by atoms with Gasteiger partial charge in [0.15, 0.2) is 5.76 Å². The standard InChI is InChI=1S/C14H10N2O3/c1-8-10-4-2-3-5-12(10)19-13(8)11-6-9(14(17)18)7-15-16-11/h2-7H,1H3,(H,17,18). The zero-order valence-corrected chi connectivity index (χ0v) is 10.1. The quantitative estimate of drug-likeness (QED) is 0.760. The maximum Gasteiger partial charge on any atom is 0.337 e. The highest BCUT2D eigenvalue weighted by Crippen LogP contribution is 2.31. The average molecular weight is 254 g/mol. The summed E-state index contributed by atoms with van der Waals surface area (Å²) in [6.45, 7) is 1.91. The molecule has 1 N–H and O–H groups in total. The second-order valence-electron chi connectivity index (χ2n) is 4.19. The minimum atomic E-state index is -1.04. The summed E-state index contributed by atoms with van der Waals surface area (Å²) >= 11 is 0. The van der Waals surface area contributed by atoms with Crippen LogP contribution in [0.15, 0.2) is 40.9 Å². The lowest BCUT2D eigenvalue weighted by Crippen LogP contribution is -1.99. The maximum absolute atomic E-state index is 10.9. The van der Waals surface area contributed by atoms with E-state index in [2.05, 4.69) is 10.2 Å². The van der Waals surface area contributed by atoms with E-state index < -0.39 is 5.97 Å². The van der Waals surface area contributed by atoms with E-state index in [-0.39, 0.29) is 5.56 Å². The van der Waals surface area contributed by atoms with Crippen molar-refractivity contribution in [2.75, 3.05) is 0 Å². The van der Waals surface area contributed by atoms with Gasteiger partial charge in [-0.15, -0.1) is 5.10 Å². The lowest BCUT2D eigenvalue weighted by atomic mass is 10.1. The van der Waals surface area contributed by atoms with Crippen LogP contribution in [0.3, 0.4) is 0 Å². The van der Waals surface area contributed by atoms with E-state index in [1.165, 1.54) is 12.3 Å². The minimum absolute atomic E-state index is 0.0878. The number of rotatable bonds is 2. The SMILES string of the molecule is Cc1c(-c2cc(C(=O)O)cnn2)oc2ccccc12. The first-order valence-corrected chi connectivity index (χ1v) is 5.71. The summed E-state index contributed by atoms with van der Waals surface area (Å²) in [4.78, 5) is 10.9. The first-order valence-electron chi connectivity index (χ1n) is 5.71. The topological polar surface area (TPSA) is 76.2 Å². The van der Waals surface area contributed by atoms with Crippen LogP contribution in [0.25, 0.3) is 22.4 Å². The van der Waals surface area contributed by atoms with Gasteiger partial charge in [0.25, 0.3) is 0 Å². The third-order valence-electron chi connectivity index (χ3n) is 2.98. The molecule has 0 radical (unpaired) electrons. The van der Waals surface area contributed by atoms with Crippen LogP contribution >= 0.6 is 0 Å². The van der Waals surface area contributed by atoms with E-state index in [0.717, 1.165) is 16.5 Å². The van der Waals surface area contributed by atoms with Crippen molar-refractivity contribution >= 4 is 16.9 Å². The molecule has 0 aliphatic heterocycles. The van der Waals surface area contributed by atoms with Gasteiger partial charge in [0.1, 0.15) is 11.3 Å². The fourth-order valence-corrected chi connectivity index (χ4v) is 2.01. The fraction of sp³-hybridized carbons (Fsp3) is 0.0714. The number of benzene rings is 1. The van der Waals surface area contributed by atoms with Crippen molar-refractivity contribution in [3.8, 4) is 11.5 Å². The number of hydrogen-bond acceptors (Lipinski definition) is 4. The van der Waals surface area contributed by atoms with Crippen LogP contribution in [0.1, 0.15) is 15.9 Å². The molecule has 0 saturated heterocycles. The van der Waals surface area contributed by atoms with Gasteiger partial charge in [0.2, 0.25) is 0 Å². The number of carboxylic acids is 1. The number of carbonyl (C=O) groups is 1. The van der Waals surface area contributed by atoms with Gasteiger partial charge in [-0.25, -0.2) is 4.79 Å². The van der Waals surface area contributed by atoms with E-state index in [1.54, 1.807) is 0 Å². The molecule has 3 rings (SSSR count). The number of nitrogens with zero attached hydrogens (tertiary/aromatic N) is 2. The van der Waals surface area contributed by atoms with Crippen LogP contribution in [0.5, 0.6) is 0 Å². The Balaban J connectivity index is 2.21. The van der Waals surface area contributed by atoms with Gasteiger partial charge >= 0.3 is 5.97 Å². The Morgan fingerprint density at radius 1 is 1.32 bits per heavy atom. The lowest BCUT2D eigenvalue weighted by molar-refractivity contribution is 0.0696. The molecule has 0 unspecified atom stereocenters. The number of aromatic nitrogens is 2. The Bertz CT molecular complexity index is 777. The molecule has 5 nitrogen and oxygen atoms in total. The van der Waals surface area contributed by atoms with Crippen molar-refractivity contribution in [3.05, 3.63) is 47.7 Å². The predicted molar refractivity (Wildman–Crippen MR) is 68.9 cm³/mol. The summed E-state index contributed by atoms with van der Waals surface area (Å²) in [5, 5.41) is 17.6. The molecule has 3 aromatic rings. The van der Waals surface area contributed by atoms with Crippen molar-refractivity contribution < 1.29 is 14.3 Å². The molecule has 0 aliphatic carbocycles. The van der Waals surface area contributed by atoms with E-state index in [0.29, 0.717) is 11.5 Å². The summed E-state index contributed by atoms with van der Waals surface area (Å²) < 4.78 is 5.72. The van der Waals surface area contributed by atoms with Gasteiger partial charge in [-0.3, -0.25) is 0 Å². The molecule has 19 heavy (non-hydrogen) atoms. The average Bonchev–Trinajstić information content (AvgIpc) is 2.77. The Kier molecular flexibility index (Phi) is 2.52. The van der Waals surface area contributed by atoms with Gasteiger partial charge in [-0.05, 0) is 19.1 Å². The molecule has 0 spiro atoms. The number of para-hydroxylation sites is 1. The second kappa shape index (κ2) is 4.20. The third-order valence-corrected chi connectivity index (χ3v) is 2.98. The molecule has 5 heteroatoms. The zero-order valence-electron chi connectivity index (χ0n) is 10.1. The van der Waals surface area contributed by atoms with Crippen LogP contribution in [-0.2, 0) is 0 Å². The maximum atomic E-state index is 10.9. The van der Waals surface area contributed by atoms with Crippen molar-refractivity contribution in [2.45, 2.75) is 6.92 Å². The second-order valence-corrected chi connectivity index (χ2v) is 4.19. The van der Waals surface area contributed by atoms with Gasteiger partial charge in [0, 0.05) is 10.9 Å². The number of carboxylic acid groups (broad SMARTS) is 1. The first-order chi connectivity index (χ1) is 9.16. The molecule has 0 atom stereocenters. The monoisotopic (exact) mass is 254 g/mol. The molecular weight excluding hydrogens is 244 g/mol. The summed E-state index contributed by atoms with van der Waals surface area (Å²) in [5.41, 5.74) is 2.18. The summed E-state index contributed by atoms with van der Waals surface area (Å²) in [7, 11) is 0. The first kappa shape index (κ1) is 11.4. The third kappa shape index (κ3) is 1.85. The minimum Gasteiger partial charge on any atom is -0.478 e. The summed E-state index contributed by atoms with van der Waals surface area (Å²) in [6, 6.07) is 9.08. The largest absolute Gasteiger partial charge is 0.478 e. The highest BCUT2D eigenvalue weighted by molar-refractivity contribution is 5.90. The Morgan fingerprint density at radius 3 is 2.84 bits per heavy atom. The molecule has 2 heterocycles. The molecule has 0 fully saturated rings. The van der Waals surface area contributed by atoms with Crippen LogP contribution in [0.2, 0.25) is 0 Å². The number of furan rings is 1. The van der Waals surface area contributed by atoms with E-state index in [1.807, 2.05) is 31.2 Å². The smallest absolute Gasteiger partial charge is 0.337 e. The van der Waals surface area contributed by atoms with E-state index >= 15 is 0 Å². The fourth-order valence-electron chi connectivity index (χ4n) is 2.01. The molecule has 94 valence electrons. The van der Waals surface area contributed by atoms with Gasteiger partial charge in [-0.2, -0.15) is 5.10 Å². The molecule has 0 aliphatic rings. The van der Waals surface area contributed by atoms with Gasteiger partial charge in [0.05, 0.1) is 11.8 Å². The molecule has 1 aromatic carbocycles. The molecule has 0 saturated carbocycles. The highest BCUT2D eigenvalue weighted by atomic mass is 16.4. The lowest BCUT2D eigenvalue weighted by Gasteiger charge is -1.98. The molecule has 0 amide bonds. The normalized spacial score (nSPS) is 10.8. The van der Waals surface area contributed by atoms with Crippen LogP contribution < -0.4 is 0 Å². The van der Waals surface area contributed by atoms with Crippen molar-refractivity contribution in [1.29, 1.82) is 0 Å². The Hall–Kier alpha value is -2.69. The molecule has 2 aromatic heterocycles. The number of aryl methyl sites for hydroxylation is 1. The Morgan fingerprint density at radius 2 is 2.11 bits per heavy atom. The summed E-state index contributed by atoms with van der Waals surface area (Å²) in [6.07, 6.45) is 1.21. The van der Waals surface area contributed by atoms with Crippen LogP contribution in [0.4, 0.5) is 0 Å². The number of fused-ring (bicyclic) bond motifs is 1. The van der Waals surface area contributed by atoms with Crippen molar-refractivity contribution in [3.63, 3.8) is 0 Å². The van der Waals surface area contributed by atoms with Crippen LogP contribution in [0, 0.1) is 6.92 Å². The summed E-state index contributed by atoms with van der Waals surface area (Å²) in [5.74, 6) is -0.485. The van der Waals surface area contributed by atoms with Gasteiger partial charge in [-0.1, -0.05) is 18.2 Å². The van der Waals surface area contributed by atoms with E-state index in [9.17, 15) is 4.79 Å². The van der Waals surface area contributed by atoms with Crippen molar-refractivity contribution in [2.24, 2.45) is 0 Å². The predicted octanol–water partition coefficient (Wildman–Crippen LogP) is 2.90.